The minimum atomic E-state index is 0.167. The molecular weight excluding hydrogens is 1760 g/mol. The Kier molecular flexibility index (Phi) is 6.92. The van der Waals surface area contributed by atoms with Crippen LogP contribution in [0.15, 0.2) is 12.7 Å². The van der Waals surface area contributed by atoms with E-state index in [1.807, 2.05) is 19.3 Å². The van der Waals surface area contributed by atoms with Gasteiger partial charge in [0.25, 0.3) is 0 Å². The average Bonchev–Trinajstić information content (AvgIpc) is 1.05. The molecule has 0 aliphatic heterocycles. The van der Waals surface area contributed by atoms with Gasteiger partial charge in [-0.1, -0.05) is 258 Å². The number of hydrogen-bond acceptors (Lipinski definition) is 0. The first-order valence-corrected chi connectivity index (χ1v) is 60.9. The van der Waals surface area contributed by atoms with Crippen molar-refractivity contribution < 1.29 is 0 Å². The molecule has 0 bridgehead atoms. The van der Waals surface area contributed by atoms with Gasteiger partial charge in [-0.05, 0) is 513 Å². The van der Waals surface area contributed by atoms with Gasteiger partial charge in [-0.3, -0.25) is 0 Å². The van der Waals surface area contributed by atoms with Gasteiger partial charge in [-0.2, -0.15) is 0 Å². The average molecular weight is 1910 g/mol. The number of halogens is 2. The molecule has 0 N–H and O–H groups in total. The topological polar surface area (TPSA) is 0 Å². The van der Waals surface area contributed by atoms with Crippen molar-refractivity contribution in [2.75, 3.05) is 4.43 Å². The van der Waals surface area contributed by atoms with Gasteiger partial charge in [-0.25, -0.2) is 0 Å². The Morgan fingerprint density at radius 3 is 1.40 bits per heavy atom. The van der Waals surface area contributed by atoms with E-state index in [1.54, 1.807) is 148 Å². The first kappa shape index (κ1) is 69.1. The maximum absolute atomic E-state index is 5.65. The summed E-state index contributed by atoms with van der Waals surface area (Å²) in [6.45, 7) is 96.0. The Bertz CT molecular complexity index is 6880. The molecule has 41 spiro atoms. The minimum absolute atomic E-state index is 0.167. The minimum Gasteiger partial charge on any atom is -0.102 e. The molecule has 0 amide bonds. The normalized spacial score (nSPS) is 91.9. The number of rotatable bonds is 13. The molecule has 670 valence electrons. The highest BCUT2D eigenvalue weighted by molar-refractivity contribution is 14.1. The quantitative estimate of drug-likeness (QED) is 0.0979. The summed E-state index contributed by atoms with van der Waals surface area (Å²) < 4.78 is 2.11. The van der Waals surface area contributed by atoms with Crippen molar-refractivity contribution in [3.8, 4) is 0 Å². The zero-order valence-electron chi connectivity index (χ0n) is 84.8. The molecule has 0 aromatic heterocycles. The predicted molar refractivity (Wildman–Crippen MR) is 518 cm³/mol. The monoisotopic (exact) mass is 1910 g/mol. The first-order valence-electron chi connectivity index (χ1n) is 58.1. The smallest absolute Gasteiger partial charge is 0.0105 e. The van der Waals surface area contributed by atoms with Gasteiger partial charge < -0.3 is 0 Å². The highest BCUT2D eigenvalue weighted by Crippen LogP contribution is 3.67. The van der Waals surface area contributed by atoms with Crippen molar-refractivity contribution in [2.24, 2.45) is 245 Å². The molecule has 53 atom stereocenters. The Balaban J connectivity index is 0.473. The highest BCUT2D eigenvalue weighted by atomic mass is 127. The van der Waals surface area contributed by atoms with E-state index in [1.165, 1.54) is 30.1 Å². The summed E-state index contributed by atoms with van der Waals surface area (Å²) in [6, 6.07) is 0. The second-order valence-electron chi connectivity index (χ2n) is 71.3. The van der Waals surface area contributed by atoms with E-state index in [0.29, 0.717) is 255 Å². The van der Waals surface area contributed by atoms with Crippen molar-refractivity contribution in [2.45, 2.75) is 397 Å². The van der Waals surface area contributed by atoms with Gasteiger partial charge in [0.05, 0.1) is 0 Å². The lowest BCUT2D eigenvalue weighted by molar-refractivity contribution is -0.794. The van der Waals surface area contributed by atoms with Crippen LogP contribution in [0.5, 0.6) is 0 Å². The summed E-state index contributed by atoms with van der Waals surface area (Å²) in [4.78, 5) is 0. The summed E-state index contributed by atoms with van der Waals surface area (Å²) in [5.74, 6) is 2.68. The summed E-state index contributed by atoms with van der Waals surface area (Å²) in [6.07, 6.45) is 52.5. The summed E-state index contributed by atoms with van der Waals surface area (Å²) in [5, 5.41) is 0. The van der Waals surface area contributed by atoms with E-state index < -0.39 is 0 Å². The largest absolute Gasteiger partial charge is 0.102 e. The zero-order valence-corrected chi connectivity index (χ0v) is 89.1. The fourth-order valence-corrected chi connectivity index (χ4v) is 100. The second-order valence-corrected chi connectivity index (χ2v) is 74.2. The van der Waals surface area contributed by atoms with Crippen LogP contribution in [0, 0.1) is 337 Å². The molecule has 127 heavy (non-hydrogen) atoms. The Hall–Kier alpha value is 1.20. The number of hydrogen-bond donors (Lipinski definition) is 0. The van der Waals surface area contributed by atoms with Crippen LogP contribution in [-0.4, -0.2) is 8.35 Å². The molecule has 46 rings (SSSR count). The zero-order chi connectivity index (χ0) is 86.4. The Labute approximate surface area is 790 Å². The Morgan fingerprint density at radius 1 is 0.370 bits per heavy atom. The molecule has 46 fully saturated rings. The molecule has 0 nitrogen and oxygen atoms in total. The second kappa shape index (κ2) is 12.7. The van der Waals surface area contributed by atoms with E-state index in [0.717, 1.165) is 70.4 Å². The van der Waals surface area contributed by atoms with Gasteiger partial charge in [0.1, 0.15) is 0 Å². The number of fused-ring (bicyclic) bond motifs is 2. The lowest BCUT2D eigenvalue weighted by atomic mass is 8.45. The van der Waals surface area contributed by atoms with Crippen LogP contribution in [0.3, 0.4) is 0 Å². The van der Waals surface area contributed by atoms with Crippen LogP contribution >= 0.6 is 45.2 Å². The SMILES string of the molecule is C=CC1(CI)C2(C)C(C)C34CC56CC78CC9%10CC%11%12CC%13(CC%14(CC(C)C%14)C%13(C)CC)C%11(C)CC%11(C(C)(CC)C%13(C(C)(C)C%14(C%15(C)C(C)(C)C%16%17C(C)(C)C(CC)(CC%18C%19(CC)C%20(CC%20)C%20%21C(C)(CC)C%22%23C%24(CC%24)C%24%25C(C)(CCC)C%26%27C(C)(C)C%28%29C(C)(C)CC%28%30CC%28(C)CC%31%32CC%33%34CC%35%36CC%37%38CC%39%40CC(C)(C)C%18%39C%19%20C%40%37C%21%22C%38%35C%24%23C%33%36C%26%25C%31%34C%29%27C%28%30%32)C1%16C23C%15%17C54%14)C76%13)C98%11)C%12%10CC(C)I. The molecule has 46 saturated carbocycles. The van der Waals surface area contributed by atoms with Crippen molar-refractivity contribution in [1.29, 1.82) is 0 Å². The maximum Gasteiger partial charge on any atom is 0.0105 e. The van der Waals surface area contributed by atoms with Crippen LogP contribution in [-0.2, 0) is 0 Å². The molecule has 0 saturated heterocycles. The first-order chi connectivity index (χ1) is 59.3. The third-order valence-electron chi connectivity index (χ3n) is 82.1. The van der Waals surface area contributed by atoms with Gasteiger partial charge in [0.15, 0.2) is 0 Å². The molecule has 0 aromatic rings. The number of allylic oxidation sites excluding steroid dienone is 1. The molecule has 46 aliphatic carbocycles. The van der Waals surface area contributed by atoms with Crippen molar-refractivity contribution in [3.05, 3.63) is 105 Å². The molecule has 2 heteroatoms. The lowest BCUT2D eigenvalue weighted by Crippen LogP contribution is -3.51. The van der Waals surface area contributed by atoms with Gasteiger partial charge >= 0.3 is 0 Å². The van der Waals surface area contributed by atoms with Crippen molar-refractivity contribution in [1.82, 2.24) is 0 Å². The Morgan fingerprint density at radius 2 is 0.866 bits per heavy atom. The molecule has 46 aliphatic rings. The number of alkyl halides is 2. The maximum atomic E-state index is 5.65. The molecule has 0 radical (unpaired) electrons. The molecular formula is C125H156I2. The van der Waals surface area contributed by atoms with Crippen LogP contribution in [0.4, 0.5) is 0 Å². The fraction of sp³-hybridized carbons (Fsp3) is 0.984. The third-order valence-corrected chi connectivity index (χ3v) is 83.7. The van der Waals surface area contributed by atoms with Crippen LogP contribution < -0.4 is 0 Å². The fourth-order valence-electron chi connectivity index (χ4n) is 97.9. The summed E-state index contributed by atoms with van der Waals surface area (Å²) >= 11 is 6.31. The van der Waals surface area contributed by atoms with Gasteiger partial charge in [0, 0.05) is 19.2 Å². The van der Waals surface area contributed by atoms with E-state index in [2.05, 4.69) is 252 Å². The summed E-state index contributed by atoms with van der Waals surface area (Å²) in [5.41, 5.74) is 33.2. The van der Waals surface area contributed by atoms with E-state index in [4.69, 9.17) is 6.58 Å². The molecule has 0 aromatic carbocycles. The van der Waals surface area contributed by atoms with Crippen LogP contribution in [0.1, 0.15) is 393 Å². The van der Waals surface area contributed by atoms with E-state index >= 15 is 0 Å². The van der Waals surface area contributed by atoms with E-state index in [-0.39, 0.29) is 16.2 Å². The van der Waals surface area contributed by atoms with Crippen molar-refractivity contribution >= 4 is 45.2 Å². The standard InChI is InChI=1S/C125H156I2/c1-31-38-77(27)105-71(19,20)102-68(13,14)48-90(102)49-73(23)50-91-57-94-60-95-59-93-56-89-47-67(11,12)101(89)66(97(37-7)84(39-40-84)108-76(26,34-4)109-85(41-42-85)110(77)123(105,117(91,94)122(102,105)107(73,90)91)118(94,95)125(109,110)119(93,95)124(108,109)115(89,93)121(97,101)108)46-82(35-5)70(17,18)103-69(15,16)80(30)106-72(21,22)104-75(25,33-3)100-51-78(28)86(52-81(43-63(8)44-81)74(86,24)32-2)53-87(78)54-88(99(87,100)45-64(9)127)55-92(113(88,100)104)58-96(116(92,104)106)61-98-65(10)79(29)83(36-6,62-126)114(82,103)111(79,98)112(80,103)120(96,98)106/h36,63-66H,6,31-35,37-62H2,1-5,7-30H3. The van der Waals surface area contributed by atoms with Gasteiger partial charge in [-0.15, -0.1) is 6.58 Å². The third kappa shape index (κ3) is 2.37. The molecule has 0 heterocycles. The van der Waals surface area contributed by atoms with Crippen molar-refractivity contribution in [3.63, 3.8) is 0 Å². The van der Waals surface area contributed by atoms with Crippen LogP contribution in [0.2, 0.25) is 0 Å². The highest BCUT2D eigenvalue weighted by Gasteiger charge is 3.61. The van der Waals surface area contributed by atoms with Crippen LogP contribution in [0.25, 0.3) is 0 Å². The predicted octanol–water partition coefficient (Wildman–Crippen LogP) is 30.7. The summed E-state index contributed by atoms with van der Waals surface area (Å²) in [7, 11) is 0. The van der Waals surface area contributed by atoms with E-state index in [9.17, 15) is 0 Å². The molecule has 53 unspecified atom stereocenters. The lowest BCUT2D eigenvalue weighted by Gasteiger charge is -3.57. The van der Waals surface area contributed by atoms with Gasteiger partial charge in [0.2, 0.25) is 0 Å².